The van der Waals surface area contributed by atoms with Crippen molar-refractivity contribution in [2.75, 3.05) is 6.61 Å². The van der Waals surface area contributed by atoms with E-state index in [9.17, 15) is 22.8 Å². The molecule has 1 rings (SSSR count). The highest BCUT2D eigenvalue weighted by atomic mass is 19.4. The molecule has 0 radical (unpaired) electrons. The van der Waals surface area contributed by atoms with Gasteiger partial charge in [-0.3, -0.25) is 0 Å². The number of rotatable bonds is 2. The van der Waals surface area contributed by atoms with Crippen LogP contribution in [-0.4, -0.2) is 40.7 Å². The number of halogens is 3. The highest BCUT2D eigenvalue weighted by molar-refractivity contribution is 6.03. The summed E-state index contributed by atoms with van der Waals surface area (Å²) in [6.45, 7) is 0.984. The average Bonchev–Trinajstić information content (AvgIpc) is 2.38. The molecule has 0 saturated heterocycles. The third-order valence-electron chi connectivity index (χ3n) is 1.87. The highest BCUT2D eigenvalue weighted by Crippen LogP contribution is 2.42. The van der Waals surface area contributed by atoms with Gasteiger partial charge in [-0.05, 0) is 6.92 Å². The Morgan fingerprint density at radius 3 is 2.47 bits per heavy atom. The number of cyclic esters (lactones) is 1. The van der Waals surface area contributed by atoms with Gasteiger partial charge in [0.15, 0.2) is 5.57 Å². The fraction of sp³-hybridized carbons (Fsp3) is 0.500. The summed E-state index contributed by atoms with van der Waals surface area (Å²) in [7, 11) is 0. The van der Waals surface area contributed by atoms with Crippen LogP contribution in [0.2, 0.25) is 0 Å². The van der Waals surface area contributed by atoms with Gasteiger partial charge in [-0.2, -0.15) is 13.2 Å². The zero-order chi connectivity index (χ0) is 13.4. The van der Waals surface area contributed by atoms with Crippen LogP contribution in [0.5, 0.6) is 0 Å². The number of carbonyl (C=O) groups is 2. The molecule has 0 saturated carbocycles. The van der Waals surface area contributed by atoms with E-state index in [1.54, 1.807) is 0 Å². The van der Waals surface area contributed by atoms with Gasteiger partial charge in [0.1, 0.15) is 0 Å². The lowest BCUT2D eigenvalue weighted by Gasteiger charge is -2.25. The van der Waals surface area contributed by atoms with E-state index in [4.69, 9.17) is 10.2 Å². The molecule has 9 heteroatoms. The first kappa shape index (κ1) is 13.3. The van der Waals surface area contributed by atoms with Crippen LogP contribution < -0.4 is 0 Å². The van der Waals surface area contributed by atoms with Gasteiger partial charge in [0.25, 0.3) is 0 Å². The number of ether oxygens (including phenoxy) is 2. The van der Waals surface area contributed by atoms with Crippen molar-refractivity contribution in [1.82, 2.24) is 0 Å². The number of hydrogen-bond acceptors (Lipinski definition) is 6. The van der Waals surface area contributed by atoms with Crippen molar-refractivity contribution < 1.29 is 42.4 Å². The monoisotopic (exact) mass is 256 g/mol. The number of hydrogen-bond donors (Lipinski definition) is 2. The van der Waals surface area contributed by atoms with E-state index in [2.05, 4.69) is 9.47 Å². The third-order valence-corrected chi connectivity index (χ3v) is 1.87. The Morgan fingerprint density at radius 2 is 2.06 bits per heavy atom. The van der Waals surface area contributed by atoms with Crippen molar-refractivity contribution in [2.24, 2.45) is 0 Å². The first-order valence-corrected chi connectivity index (χ1v) is 4.28. The molecule has 1 atom stereocenters. The quantitative estimate of drug-likeness (QED) is 0.684. The zero-order valence-corrected chi connectivity index (χ0v) is 8.37. The van der Waals surface area contributed by atoms with Crippen molar-refractivity contribution in [3.63, 3.8) is 0 Å². The molecule has 0 aromatic rings. The van der Waals surface area contributed by atoms with Gasteiger partial charge < -0.3 is 19.7 Å². The Kier molecular flexibility index (Phi) is 3.06. The molecule has 0 spiro atoms. The van der Waals surface area contributed by atoms with Gasteiger partial charge in [-0.15, -0.1) is 0 Å². The first-order chi connectivity index (χ1) is 7.65. The number of carbonyl (C=O) groups excluding carboxylic acids is 2. The van der Waals surface area contributed by atoms with E-state index in [1.807, 2.05) is 0 Å². The van der Waals surface area contributed by atoms with Crippen LogP contribution in [0.25, 0.3) is 0 Å². The second-order valence-electron chi connectivity index (χ2n) is 2.98. The largest absolute Gasteiger partial charge is 0.501 e. The lowest BCUT2D eigenvalue weighted by atomic mass is 10.1. The van der Waals surface area contributed by atoms with Gasteiger partial charge in [-0.1, -0.05) is 0 Å². The van der Waals surface area contributed by atoms with Crippen LogP contribution in [-0.2, 0) is 19.1 Å². The van der Waals surface area contributed by atoms with Crippen LogP contribution in [0.3, 0.4) is 0 Å². The van der Waals surface area contributed by atoms with E-state index >= 15 is 0 Å². The second-order valence-corrected chi connectivity index (χ2v) is 2.98. The fourth-order valence-corrected chi connectivity index (χ4v) is 1.13. The van der Waals surface area contributed by atoms with Crippen LogP contribution >= 0.6 is 0 Å². The van der Waals surface area contributed by atoms with Gasteiger partial charge in [0.2, 0.25) is 5.76 Å². The number of aliphatic hydroxyl groups excluding tert-OH is 1. The predicted molar refractivity (Wildman–Crippen MR) is 43.4 cm³/mol. The zero-order valence-electron chi connectivity index (χ0n) is 8.37. The average molecular weight is 256 g/mol. The van der Waals surface area contributed by atoms with Crippen LogP contribution in [0.4, 0.5) is 13.2 Å². The Labute approximate surface area is 92.2 Å². The van der Waals surface area contributed by atoms with Crippen molar-refractivity contribution in [3.8, 4) is 0 Å². The molecule has 0 bridgehead atoms. The summed E-state index contributed by atoms with van der Waals surface area (Å²) in [5, 5.41) is 18.1. The van der Waals surface area contributed by atoms with Gasteiger partial charge in [0, 0.05) is 0 Å². The molecule has 1 aliphatic rings. The highest BCUT2D eigenvalue weighted by Gasteiger charge is 2.68. The summed E-state index contributed by atoms with van der Waals surface area (Å²) in [6, 6.07) is 0. The molecular weight excluding hydrogens is 249 g/mol. The predicted octanol–water partition coefficient (Wildman–Crippen LogP) is 0.169. The minimum Gasteiger partial charge on any atom is -0.501 e. The summed E-state index contributed by atoms with van der Waals surface area (Å²) < 4.78 is 45.1. The molecule has 0 aromatic heterocycles. The van der Waals surface area contributed by atoms with Crippen molar-refractivity contribution in [2.45, 2.75) is 18.9 Å². The lowest BCUT2D eigenvalue weighted by Crippen LogP contribution is -2.49. The minimum atomic E-state index is -5.48. The Morgan fingerprint density at radius 1 is 1.53 bits per heavy atom. The molecular formula is C8H7F3O6. The minimum absolute atomic E-state index is 0.308. The van der Waals surface area contributed by atoms with E-state index in [0.717, 1.165) is 0 Å². The van der Waals surface area contributed by atoms with Crippen LogP contribution in [0.1, 0.15) is 6.92 Å². The van der Waals surface area contributed by atoms with Crippen molar-refractivity contribution >= 4 is 11.9 Å². The van der Waals surface area contributed by atoms with E-state index in [1.165, 1.54) is 6.92 Å². The van der Waals surface area contributed by atoms with E-state index in [-0.39, 0.29) is 6.61 Å². The van der Waals surface area contributed by atoms with E-state index in [0.29, 0.717) is 0 Å². The maximum Gasteiger partial charge on any atom is 0.460 e. The summed E-state index contributed by atoms with van der Waals surface area (Å²) in [5.41, 5.74) is -1.67. The lowest BCUT2D eigenvalue weighted by molar-refractivity contribution is -0.326. The normalized spacial score (nSPS) is 24.9. The van der Waals surface area contributed by atoms with Crippen LogP contribution in [0.15, 0.2) is 11.3 Å². The maximum absolute atomic E-state index is 12.5. The number of alkyl halides is 3. The number of aliphatic hydroxyl groups is 2. The Balaban J connectivity index is 3.28. The topological polar surface area (TPSA) is 93.1 Å². The standard InChI is InChI=1S/C8H7F3O6/c1-2-16-5(13)3-4(12)6(14)17-7(3,15)8(9,10)11/h12,15H,2H2,1H3. The maximum atomic E-state index is 12.5. The van der Waals surface area contributed by atoms with Crippen LogP contribution in [0, 0.1) is 0 Å². The summed E-state index contributed by atoms with van der Waals surface area (Å²) in [5.74, 6) is -9.34. The van der Waals surface area contributed by atoms with Crippen molar-refractivity contribution in [3.05, 3.63) is 11.3 Å². The third kappa shape index (κ3) is 1.93. The van der Waals surface area contributed by atoms with Gasteiger partial charge in [-0.25, -0.2) is 9.59 Å². The smallest absolute Gasteiger partial charge is 0.460 e. The molecule has 0 amide bonds. The fourth-order valence-electron chi connectivity index (χ4n) is 1.13. The summed E-state index contributed by atoms with van der Waals surface area (Å²) in [6.07, 6.45) is -5.48. The molecule has 6 nitrogen and oxygen atoms in total. The second kappa shape index (κ2) is 3.91. The van der Waals surface area contributed by atoms with Gasteiger partial charge >= 0.3 is 23.9 Å². The molecule has 0 fully saturated rings. The summed E-state index contributed by atoms with van der Waals surface area (Å²) >= 11 is 0. The number of esters is 2. The van der Waals surface area contributed by atoms with Gasteiger partial charge in [0.05, 0.1) is 6.61 Å². The molecule has 1 aliphatic heterocycles. The Hall–Kier alpha value is -1.77. The molecule has 0 aliphatic carbocycles. The summed E-state index contributed by atoms with van der Waals surface area (Å²) in [4.78, 5) is 21.9. The molecule has 17 heavy (non-hydrogen) atoms. The van der Waals surface area contributed by atoms with Crippen molar-refractivity contribution in [1.29, 1.82) is 0 Å². The molecule has 1 unspecified atom stereocenters. The molecule has 96 valence electrons. The Bertz CT molecular complexity index is 399. The first-order valence-electron chi connectivity index (χ1n) is 4.28. The molecule has 0 aromatic carbocycles. The molecule has 1 heterocycles. The molecule has 2 N–H and O–H groups in total. The van der Waals surface area contributed by atoms with E-state index < -0.39 is 35.2 Å². The SMILES string of the molecule is CCOC(=O)C1=C(O)C(=O)OC1(O)C(F)(F)F.